The number of carboxylic acid groups (broad SMARTS) is 1. The maximum Gasteiger partial charge on any atom is 0.339 e. The van der Waals surface area contributed by atoms with E-state index in [1.807, 2.05) is 6.07 Å². The van der Waals surface area contributed by atoms with Gasteiger partial charge in [0.05, 0.1) is 6.61 Å². The molecule has 0 spiro atoms. The Morgan fingerprint density at radius 2 is 2.14 bits per heavy atom. The summed E-state index contributed by atoms with van der Waals surface area (Å²) in [7, 11) is 0. The van der Waals surface area contributed by atoms with Crippen LogP contribution in [0.3, 0.4) is 0 Å². The summed E-state index contributed by atoms with van der Waals surface area (Å²) >= 11 is 0. The Hall–Kier alpha value is -2.01. The van der Waals surface area contributed by atoms with E-state index >= 15 is 0 Å². The number of benzene rings is 1. The molecule has 112 valence electrons. The van der Waals surface area contributed by atoms with Crippen molar-refractivity contribution in [3.05, 3.63) is 29.5 Å². The Balaban J connectivity index is 1.79. The molecule has 2 aromatic rings. The molecule has 5 heteroatoms. The minimum Gasteiger partial charge on any atom is -0.493 e. The molecule has 2 heterocycles. The van der Waals surface area contributed by atoms with E-state index in [1.165, 1.54) is 0 Å². The SMILES string of the molecule is Cc1oc2ccc(OCC3CCOCC3)cc2c1C(=O)O. The number of furan rings is 1. The molecule has 0 amide bonds. The van der Waals surface area contributed by atoms with Gasteiger partial charge in [0.2, 0.25) is 0 Å². The van der Waals surface area contributed by atoms with Crippen LogP contribution < -0.4 is 4.74 Å². The number of rotatable bonds is 4. The van der Waals surface area contributed by atoms with Crippen LogP contribution in [0.25, 0.3) is 11.0 Å². The lowest BCUT2D eigenvalue weighted by atomic mass is 10.0. The standard InChI is InChI=1S/C16H18O5/c1-10-15(16(17)18)13-8-12(2-3-14(13)21-10)20-9-11-4-6-19-7-5-11/h2-3,8,11H,4-7,9H2,1H3,(H,17,18). The van der Waals surface area contributed by atoms with Gasteiger partial charge in [0.15, 0.2) is 0 Å². The van der Waals surface area contributed by atoms with Gasteiger partial charge in [-0.3, -0.25) is 0 Å². The van der Waals surface area contributed by atoms with Gasteiger partial charge in [0, 0.05) is 18.6 Å². The monoisotopic (exact) mass is 290 g/mol. The molecule has 5 nitrogen and oxygen atoms in total. The van der Waals surface area contributed by atoms with Gasteiger partial charge in [-0.1, -0.05) is 0 Å². The smallest absolute Gasteiger partial charge is 0.339 e. The van der Waals surface area contributed by atoms with E-state index in [1.54, 1.807) is 19.1 Å². The van der Waals surface area contributed by atoms with Gasteiger partial charge >= 0.3 is 5.97 Å². The van der Waals surface area contributed by atoms with Crippen molar-refractivity contribution in [2.45, 2.75) is 19.8 Å². The zero-order valence-corrected chi connectivity index (χ0v) is 11.9. The first-order chi connectivity index (χ1) is 10.1. The van der Waals surface area contributed by atoms with Crippen molar-refractivity contribution in [1.29, 1.82) is 0 Å². The molecule has 21 heavy (non-hydrogen) atoms. The van der Waals surface area contributed by atoms with Crippen molar-refractivity contribution in [3.63, 3.8) is 0 Å². The van der Waals surface area contributed by atoms with Crippen LogP contribution in [0.2, 0.25) is 0 Å². The first-order valence-electron chi connectivity index (χ1n) is 7.12. The van der Waals surface area contributed by atoms with E-state index < -0.39 is 5.97 Å². The molecule has 1 fully saturated rings. The average molecular weight is 290 g/mol. The summed E-state index contributed by atoms with van der Waals surface area (Å²) in [6, 6.07) is 5.32. The lowest BCUT2D eigenvalue weighted by Gasteiger charge is -2.22. The van der Waals surface area contributed by atoms with Crippen molar-refractivity contribution >= 4 is 16.9 Å². The van der Waals surface area contributed by atoms with Gasteiger partial charge in [0.1, 0.15) is 22.7 Å². The molecule has 0 radical (unpaired) electrons. The molecule has 3 rings (SSSR count). The third-order valence-electron chi connectivity index (χ3n) is 3.88. The van der Waals surface area contributed by atoms with Crippen LogP contribution in [-0.2, 0) is 4.74 Å². The molecule has 1 N–H and O–H groups in total. The fourth-order valence-electron chi connectivity index (χ4n) is 2.68. The number of carboxylic acids is 1. The first-order valence-corrected chi connectivity index (χ1v) is 7.12. The van der Waals surface area contributed by atoms with E-state index in [0.717, 1.165) is 26.1 Å². The first kappa shape index (κ1) is 13.9. The average Bonchev–Trinajstić information content (AvgIpc) is 2.81. The summed E-state index contributed by atoms with van der Waals surface area (Å²) in [5.74, 6) is 0.615. The van der Waals surface area contributed by atoms with Crippen LogP contribution in [0.15, 0.2) is 22.6 Å². The Morgan fingerprint density at radius 1 is 1.38 bits per heavy atom. The van der Waals surface area contributed by atoms with Crippen LogP contribution in [0.4, 0.5) is 0 Å². The zero-order chi connectivity index (χ0) is 14.8. The van der Waals surface area contributed by atoms with Gasteiger partial charge in [-0.25, -0.2) is 4.79 Å². The lowest BCUT2D eigenvalue weighted by molar-refractivity contribution is 0.0498. The topological polar surface area (TPSA) is 68.9 Å². The van der Waals surface area contributed by atoms with Crippen molar-refractivity contribution < 1.29 is 23.8 Å². The molecule has 1 aromatic carbocycles. The number of aromatic carboxylic acids is 1. The largest absolute Gasteiger partial charge is 0.493 e. The summed E-state index contributed by atoms with van der Waals surface area (Å²) < 4.78 is 16.6. The molecule has 0 atom stereocenters. The normalized spacial score (nSPS) is 16.2. The number of hydrogen-bond acceptors (Lipinski definition) is 4. The predicted molar refractivity (Wildman–Crippen MR) is 76.9 cm³/mol. The number of carbonyl (C=O) groups is 1. The highest BCUT2D eigenvalue weighted by molar-refractivity contribution is 6.03. The van der Waals surface area contributed by atoms with E-state index in [-0.39, 0.29) is 5.56 Å². The molecule has 0 aliphatic carbocycles. The van der Waals surface area contributed by atoms with E-state index in [4.69, 9.17) is 13.9 Å². The predicted octanol–water partition coefficient (Wildman–Crippen LogP) is 3.24. The Morgan fingerprint density at radius 3 is 2.86 bits per heavy atom. The molecule has 1 saturated heterocycles. The fourth-order valence-corrected chi connectivity index (χ4v) is 2.68. The van der Waals surface area contributed by atoms with Gasteiger partial charge in [-0.05, 0) is 43.9 Å². The molecule has 0 saturated carbocycles. The van der Waals surface area contributed by atoms with Gasteiger partial charge in [-0.15, -0.1) is 0 Å². The zero-order valence-electron chi connectivity index (χ0n) is 11.9. The van der Waals surface area contributed by atoms with Crippen LogP contribution in [0.1, 0.15) is 29.0 Å². The Labute approximate surface area is 122 Å². The van der Waals surface area contributed by atoms with Crippen molar-refractivity contribution in [2.24, 2.45) is 5.92 Å². The quantitative estimate of drug-likeness (QED) is 0.936. The second-order valence-corrected chi connectivity index (χ2v) is 5.36. The second kappa shape index (κ2) is 5.77. The molecular weight excluding hydrogens is 272 g/mol. The number of ether oxygens (including phenoxy) is 2. The summed E-state index contributed by atoms with van der Waals surface area (Å²) in [5, 5.41) is 9.85. The lowest BCUT2D eigenvalue weighted by Crippen LogP contribution is -2.21. The number of fused-ring (bicyclic) bond motifs is 1. The Kier molecular flexibility index (Phi) is 3.84. The molecular formula is C16H18O5. The van der Waals surface area contributed by atoms with Gasteiger partial charge in [0.25, 0.3) is 0 Å². The molecule has 1 aliphatic heterocycles. The molecule has 1 aliphatic rings. The van der Waals surface area contributed by atoms with Crippen molar-refractivity contribution in [2.75, 3.05) is 19.8 Å². The Bertz CT molecular complexity index is 652. The maximum atomic E-state index is 11.3. The highest BCUT2D eigenvalue weighted by Gasteiger charge is 2.18. The highest BCUT2D eigenvalue weighted by atomic mass is 16.5. The molecule has 0 unspecified atom stereocenters. The third kappa shape index (κ3) is 2.88. The fraction of sp³-hybridized carbons (Fsp3) is 0.438. The number of aryl methyl sites for hydroxylation is 1. The van der Waals surface area contributed by atoms with Crippen LogP contribution >= 0.6 is 0 Å². The minimum absolute atomic E-state index is 0.210. The summed E-state index contributed by atoms with van der Waals surface area (Å²) in [6.07, 6.45) is 2.01. The molecule has 1 aromatic heterocycles. The summed E-state index contributed by atoms with van der Waals surface area (Å²) in [5.41, 5.74) is 0.782. The third-order valence-corrected chi connectivity index (χ3v) is 3.88. The minimum atomic E-state index is -0.979. The van der Waals surface area contributed by atoms with E-state index in [2.05, 4.69) is 0 Å². The number of hydrogen-bond donors (Lipinski definition) is 1. The molecule has 0 bridgehead atoms. The van der Waals surface area contributed by atoms with Crippen LogP contribution in [0.5, 0.6) is 5.75 Å². The van der Waals surface area contributed by atoms with E-state index in [9.17, 15) is 9.90 Å². The summed E-state index contributed by atoms with van der Waals surface area (Å²) in [6.45, 7) is 3.87. The summed E-state index contributed by atoms with van der Waals surface area (Å²) in [4.78, 5) is 11.3. The van der Waals surface area contributed by atoms with Crippen LogP contribution in [-0.4, -0.2) is 30.9 Å². The van der Waals surface area contributed by atoms with Crippen molar-refractivity contribution in [3.8, 4) is 5.75 Å². The second-order valence-electron chi connectivity index (χ2n) is 5.36. The van der Waals surface area contributed by atoms with E-state index in [0.29, 0.717) is 35.0 Å². The van der Waals surface area contributed by atoms with Gasteiger partial charge in [-0.2, -0.15) is 0 Å². The van der Waals surface area contributed by atoms with Crippen molar-refractivity contribution in [1.82, 2.24) is 0 Å². The van der Waals surface area contributed by atoms with Gasteiger partial charge < -0.3 is 19.0 Å². The van der Waals surface area contributed by atoms with Crippen LogP contribution in [0, 0.1) is 12.8 Å². The highest BCUT2D eigenvalue weighted by Crippen LogP contribution is 2.29. The maximum absolute atomic E-state index is 11.3.